The average Bonchev–Trinajstić information content (AvgIpc) is 2.04. The first kappa shape index (κ1) is 7.35. The summed E-state index contributed by atoms with van der Waals surface area (Å²) in [4.78, 5) is 8.31. The summed E-state index contributed by atoms with van der Waals surface area (Å²) in [6, 6.07) is 0. The molecule has 0 aliphatic carbocycles. The first-order chi connectivity index (χ1) is 5.77. The van der Waals surface area contributed by atoms with Gasteiger partial charge in [0.15, 0.2) is 11.7 Å². The van der Waals surface area contributed by atoms with Crippen LogP contribution in [0.4, 0.5) is 5.82 Å². The van der Waals surface area contributed by atoms with Crippen LogP contribution in [0.1, 0.15) is 11.4 Å². The molecule has 0 amide bonds. The van der Waals surface area contributed by atoms with Crippen molar-refractivity contribution in [3.8, 4) is 0 Å². The molecule has 2 heterocycles. The summed E-state index contributed by atoms with van der Waals surface area (Å²) >= 11 is 1.16. The van der Waals surface area contributed by atoms with Gasteiger partial charge in [-0.2, -0.15) is 4.40 Å². The van der Waals surface area contributed by atoms with Crippen molar-refractivity contribution >= 4 is 23.8 Å². The second kappa shape index (κ2) is 2.63. The molecule has 3 N–H and O–H groups in total. The molecule has 62 valence electrons. The highest BCUT2D eigenvalue weighted by Gasteiger charge is 2.14. The van der Waals surface area contributed by atoms with Crippen molar-refractivity contribution in [1.82, 2.24) is 9.97 Å². The Kier molecular flexibility index (Phi) is 1.61. The van der Waals surface area contributed by atoms with Gasteiger partial charge < -0.3 is 5.73 Å². The van der Waals surface area contributed by atoms with E-state index in [2.05, 4.69) is 19.1 Å². The summed E-state index contributed by atoms with van der Waals surface area (Å²) in [6.07, 6.45) is 1.67. The molecule has 0 aromatic carbocycles. The summed E-state index contributed by atoms with van der Waals surface area (Å²) < 4.78 is 6.81. The Bertz CT molecular complexity index is 348. The van der Waals surface area contributed by atoms with Gasteiger partial charge in [0.2, 0.25) is 0 Å². The molecule has 12 heavy (non-hydrogen) atoms. The van der Waals surface area contributed by atoms with Crippen molar-refractivity contribution in [2.75, 3.05) is 4.72 Å². The monoisotopic (exact) mass is 181 g/mol. The fourth-order valence-corrected chi connectivity index (χ4v) is 1.35. The third kappa shape index (κ3) is 1.10. The van der Waals surface area contributed by atoms with Gasteiger partial charge in [0.25, 0.3) is 0 Å². The van der Waals surface area contributed by atoms with Crippen LogP contribution in [-0.2, 0) is 0 Å². The van der Waals surface area contributed by atoms with Gasteiger partial charge in [-0.25, -0.2) is 9.97 Å². The SMILES string of the molecule is Cc1cnc2c(n1)NSN=C2N. The van der Waals surface area contributed by atoms with Crippen molar-refractivity contribution < 1.29 is 0 Å². The molecule has 5 nitrogen and oxygen atoms in total. The minimum atomic E-state index is 0.418. The zero-order valence-electron chi connectivity index (χ0n) is 6.40. The number of nitrogens with one attached hydrogen (secondary N) is 1. The van der Waals surface area contributed by atoms with E-state index in [1.807, 2.05) is 6.92 Å². The van der Waals surface area contributed by atoms with Gasteiger partial charge in [0.1, 0.15) is 5.69 Å². The van der Waals surface area contributed by atoms with Gasteiger partial charge in [-0.3, -0.25) is 4.72 Å². The Hall–Kier alpha value is -1.30. The summed E-state index contributed by atoms with van der Waals surface area (Å²) in [5.41, 5.74) is 7.07. The molecule has 0 saturated heterocycles. The molecule has 2 rings (SSSR count). The van der Waals surface area contributed by atoms with Crippen molar-refractivity contribution in [1.29, 1.82) is 0 Å². The molecular weight excluding hydrogens is 174 g/mol. The molecule has 1 aliphatic heterocycles. The fourth-order valence-electron chi connectivity index (χ4n) is 0.894. The average molecular weight is 181 g/mol. The van der Waals surface area contributed by atoms with Gasteiger partial charge >= 0.3 is 0 Å². The van der Waals surface area contributed by atoms with Gasteiger partial charge in [0.05, 0.1) is 17.8 Å². The summed E-state index contributed by atoms with van der Waals surface area (Å²) in [7, 11) is 0. The number of hydrogen-bond acceptors (Lipinski definition) is 6. The Labute approximate surface area is 73.8 Å². The van der Waals surface area contributed by atoms with E-state index in [9.17, 15) is 0 Å². The smallest absolute Gasteiger partial charge is 0.167 e. The second-order valence-electron chi connectivity index (χ2n) is 2.38. The standard InChI is InChI=1S/C6H7N5S/c1-3-2-8-4-5(7)10-12-11-6(4)9-3/h2H,1H3,(H2,7,10)(H,9,11). The minimum Gasteiger partial charge on any atom is -0.381 e. The molecule has 0 unspecified atom stereocenters. The molecule has 6 heteroatoms. The summed E-state index contributed by atoms with van der Waals surface area (Å²) in [5, 5.41) is 0. The van der Waals surface area contributed by atoms with E-state index in [1.165, 1.54) is 0 Å². The lowest BCUT2D eigenvalue weighted by Crippen LogP contribution is -2.20. The van der Waals surface area contributed by atoms with Crippen molar-refractivity contribution in [3.63, 3.8) is 0 Å². The van der Waals surface area contributed by atoms with E-state index in [-0.39, 0.29) is 0 Å². The van der Waals surface area contributed by atoms with Crippen LogP contribution < -0.4 is 10.5 Å². The number of aryl methyl sites for hydroxylation is 1. The Morgan fingerprint density at radius 3 is 3.25 bits per heavy atom. The topological polar surface area (TPSA) is 76.2 Å². The maximum absolute atomic E-state index is 5.58. The highest BCUT2D eigenvalue weighted by molar-refractivity contribution is 7.99. The van der Waals surface area contributed by atoms with E-state index >= 15 is 0 Å². The number of nitrogens with zero attached hydrogens (tertiary/aromatic N) is 3. The lowest BCUT2D eigenvalue weighted by molar-refractivity contribution is 1.11. The van der Waals surface area contributed by atoms with Crippen LogP contribution >= 0.6 is 12.1 Å². The van der Waals surface area contributed by atoms with Crippen LogP contribution in [0, 0.1) is 6.92 Å². The lowest BCUT2D eigenvalue weighted by atomic mass is 10.3. The van der Waals surface area contributed by atoms with Crippen molar-refractivity contribution in [3.05, 3.63) is 17.6 Å². The predicted octanol–water partition coefficient (Wildman–Crippen LogP) is 0.479. The van der Waals surface area contributed by atoms with Crippen LogP contribution in [0.2, 0.25) is 0 Å². The zero-order valence-corrected chi connectivity index (χ0v) is 7.22. The maximum Gasteiger partial charge on any atom is 0.167 e. The minimum absolute atomic E-state index is 0.418. The molecule has 1 aromatic rings. The largest absolute Gasteiger partial charge is 0.381 e. The Balaban J connectivity index is 2.56. The second-order valence-corrected chi connectivity index (χ2v) is 2.95. The van der Waals surface area contributed by atoms with Gasteiger partial charge in [-0.15, -0.1) is 0 Å². The molecule has 0 fully saturated rings. The van der Waals surface area contributed by atoms with Gasteiger partial charge in [-0.1, -0.05) is 0 Å². The number of anilines is 1. The molecular formula is C6H7N5S. The van der Waals surface area contributed by atoms with Crippen LogP contribution in [0.5, 0.6) is 0 Å². The van der Waals surface area contributed by atoms with Gasteiger partial charge in [-0.05, 0) is 6.92 Å². The van der Waals surface area contributed by atoms with Crippen LogP contribution in [-0.4, -0.2) is 15.8 Å². The van der Waals surface area contributed by atoms with E-state index in [0.29, 0.717) is 17.3 Å². The first-order valence-electron chi connectivity index (χ1n) is 3.37. The molecule has 0 radical (unpaired) electrons. The molecule has 0 atom stereocenters. The van der Waals surface area contributed by atoms with E-state index < -0.39 is 0 Å². The van der Waals surface area contributed by atoms with Crippen LogP contribution in [0.25, 0.3) is 0 Å². The molecule has 1 aliphatic rings. The Morgan fingerprint density at radius 2 is 2.42 bits per heavy atom. The Morgan fingerprint density at radius 1 is 1.58 bits per heavy atom. The first-order valence-corrected chi connectivity index (χ1v) is 4.14. The molecule has 0 spiro atoms. The third-order valence-corrected chi connectivity index (χ3v) is 1.99. The summed E-state index contributed by atoms with van der Waals surface area (Å²) in [5.74, 6) is 1.11. The predicted molar refractivity (Wildman–Crippen MR) is 48.7 cm³/mol. The molecule has 0 bridgehead atoms. The number of amidine groups is 1. The third-order valence-electron chi connectivity index (χ3n) is 1.42. The van der Waals surface area contributed by atoms with Crippen LogP contribution in [0.15, 0.2) is 10.6 Å². The highest BCUT2D eigenvalue weighted by Crippen LogP contribution is 2.20. The summed E-state index contributed by atoms with van der Waals surface area (Å²) in [6.45, 7) is 1.88. The fraction of sp³-hybridized carbons (Fsp3) is 0.167. The highest BCUT2D eigenvalue weighted by atomic mass is 32.2. The molecule has 1 aromatic heterocycles. The van der Waals surface area contributed by atoms with Crippen molar-refractivity contribution in [2.24, 2.45) is 10.1 Å². The van der Waals surface area contributed by atoms with E-state index in [4.69, 9.17) is 5.73 Å². The normalized spacial score (nSPS) is 14.6. The number of hydrogen-bond donors (Lipinski definition) is 2. The van der Waals surface area contributed by atoms with E-state index in [1.54, 1.807) is 6.20 Å². The van der Waals surface area contributed by atoms with Crippen molar-refractivity contribution in [2.45, 2.75) is 6.92 Å². The van der Waals surface area contributed by atoms with Gasteiger partial charge in [0, 0.05) is 6.20 Å². The van der Waals surface area contributed by atoms with Crippen LogP contribution in [0.3, 0.4) is 0 Å². The number of rotatable bonds is 0. The lowest BCUT2D eigenvalue weighted by Gasteiger charge is -2.11. The zero-order chi connectivity index (χ0) is 8.55. The van der Waals surface area contributed by atoms with E-state index in [0.717, 1.165) is 17.8 Å². The quantitative estimate of drug-likeness (QED) is 0.569. The number of nitrogens with two attached hydrogens (primary N) is 1. The molecule has 0 saturated carbocycles. The number of fused-ring (bicyclic) bond motifs is 1. The number of aromatic nitrogens is 2. The maximum atomic E-state index is 5.58.